The van der Waals surface area contributed by atoms with Gasteiger partial charge >= 0.3 is 0 Å². The summed E-state index contributed by atoms with van der Waals surface area (Å²) in [5, 5.41) is 0. The first-order chi connectivity index (χ1) is 10.6. The summed E-state index contributed by atoms with van der Waals surface area (Å²) in [5.74, 6) is 0.0318. The van der Waals surface area contributed by atoms with E-state index in [9.17, 15) is 14.0 Å². The molecule has 1 aliphatic heterocycles. The molecule has 1 saturated heterocycles. The van der Waals surface area contributed by atoms with Crippen molar-refractivity contribution in [3.8, 4) is 0 Å². The van der Waals surface area contributed by atoms with Crippen molar-refractivity contribution in [3.63, 3.8) is 0 Å². The predicted octanol–water partition coefficient (Wildman–Crippen LogP) is 2.30. The Balaban J connectivity index is 1.60. The number of benzene rings is 1. The Bertz CT molecular complexity index is 554. The molecule has 2 aliphatic rings. The Hall–Kier alpha value is -1.91. The van der Waals surface area contributed by atoms with E-state index in [2.05, 4.69) is 0 Å². The fraction of sp³-hybridized carbons (Fsp3) is 0.529. The smallest absolute Gasteiger partial charge is 0.253 e. The van der Waals surface area contributed by atoms with Crippen LogP contribution in [-0.2, 0) is 4.79 Å². The molecule has 0 aromatic heterocycles. The SMILES string of the molecule is O=C(c1ccc(F)cc1)N1CCCN(C(=O)C2CCC2)CC1. The van der Waals surface area contributed by atoms with Crippen molar-refractivity contribution in [2.24, 2.45) is 5.92 Å². The highest BCUT2D eigenvalue weighted by Crippen LogP contribution is 2.28. The number of carbonyl (C=O) groups is 2. The lowest BCUT2D eigenvalue weighted by molar-refractivity contribution is -0.138. The first-order valence-electron chi connectivity index (χ1n) is 7.99. The Kier molecular flexibility index (Phi) is 4.41. The molecule has 118 valence electrons. The van der Waals surface area contributed by atoms with E-state index in [-0.39, 0.29) is 23.5 Å². The van der Waals surface area contributed by atoms with Crippen molar-refractivity contribution < 1.29 is 14.0 Å². The Morgan fingerprint density at radius 3 is 2.18 bits per heavy atom. The third kappa shape index (κ3) is 3.13. The molecule has 4 nitrogen and oxygen atoms in total. The van der Waals surface area contributed by atoms with Crippen LogP contribution in [0, 0.1) is 11.7 Å². The first kappa shape index (κ1) is 15.0. The van der Waals surface area contributed by atoms with E-state index in [0.29, 0.717) is 25.2 Å². The van der Waals surface area contributed by atoms with Gasteiger partial charge in [0.2, 0.25) is 5.91 Å². The lowest BCUT2D eigenvalue weighted by Crippen LogP contribution is -2.41. The van der Waals surface area contributed by atoms with Gasteiger partial charge in [-0.1, -0.05) is 6.42 Å². The molecule has 0 bridgehead atoms. The summed E-state index contributed by atoms with van der Waals surface area (Å²) < 4.78 is 12.9. The minimum absolute atomic E-state index is 0.0852. The van der Waals surface area contributed by atoms with E-state index in [1.807, 2.05) is 4.90 Å². The third-order valence-corrected chi connectivity index (χ3v) is 4.64. The lowest BCUT2D eigenvalue weighted by atomic mass is 9.84. The molecule has 2 fully saturated rings. The minimum Gasteiger partial charge on any atom is -0.341 e. The minimum atomic E-state index is -0.343. The standard InChI is InChI=1S/C17H21FN2O2/c18-15-7-5-14(6-8-15)17(22)20-10-2-9-19(11-12-20)16(21)13-3-1-4-13/h5-8,13H,1-4,9-12H2. The largest absolute Gasteiger partial charge is 0.341 e. The highest BCUT2D eigenvalue weighted by atomic mass is 19.1. The number of amides is 2. The number of carbonyl (C=O) groups excluding carboxylic acids is 2. The maximum atomic E-state index is 12.9. The van der Waals surface area contributed by atoms with Gasteiger partial charge in [0.25, 0.3) is 5.91 Å². The average Bonchev–Trinajstić information content (AvgIpc) is 2.71. The van der Waals surface area contributed by atoms with Gasteiger partial charge in [-0.3, -0.25) is 9.59 Å². The van der Waals surface area contributed by atoms with Crippen molar-refractivity contribution in [2.45, 2.75) is 25.7 Å². The van der Waals surface area contributed by atoms with Crippen LogP contribution in [0.2, 0.25) is 0 Å². The normalized spacial score (nSPS) is 19.5. The summed E-state index contributed by atoms with van der Waals surface area (Å²) in [6.07, 6.45) is 3.96. The van der Waals surface area contributed by atoms with Crippen LogP contribution in [0.25, 0.3) is 0 Å². The maximum absolute atomic E-state index is 12.9. The summed E-state index contributed by atoms with van der Waals surface area (Å²) >= 11 is 0. The van der Waals surface area contributed by atoms with Crippen LogP contribution in [0.5, 0.6) is 0 Å². The molecule has 2 amide bonds. The van der Waals surface area contributed by atoms with E-state index in [1.165, 1.54) is 24.3 Å². The van der Waals surface area contributed by atoms with Crippen LogP contribution in [-0.4, -0.2) is 47.8 Å². The van der Waals surface area contributed by atoms with Crippen molar-refractivity contribution >= 4 is 11.8 Å². The number of halogens is 1. The molecule has 22 heavy (non-hydrogen) atoms. The molecule has 0 unspecified atom stereocenters. The number of hydrogen-bond acceptors (Lipinski definition) is 2. The van der Waals surface area contributed by atoms with E-state index >= 15 is 0 Å². The lowest BCUT2D eigenvalue weighted by Gasteiger charge is -2.31. The molecule has 5 heteroatoms. The summed E-state index contributed by atoms with van der Waals surface area (Å²) in [6, 6.07) is 5.63. The van der Waals surface area contributed by atoms with Crippen LogP contribution in [0.3, 0.4) is 0 Å². The molecule has 1 heterocycles. The van der Waals surface area contributed by atoms with Crippen molar-refractivity contribution in [3.05, 3.63) is 35.6 Å². The highest BCUT2D eigenvalue weighted by Gasteiger charge is 2.31. The predicted molar refractivity (Wildman–Crippen MR) is 80.8 cm³/mol. The zero-order valence-electron chi connectivity index (χ0n) is 12.6. The number of hydrogen-bond donors (Lipinski definition) is 0. The summed E-state index contributed by atoms with van der Waals surface area (Å²) in [4.78, 5) is 28.4. The average molecular weight is 304 g/mol. The Morgan fingerprint density at radius 2 is 1.55 bits per heavy atom. The molecule has 0 atom stereocenters. The van der Waals surface area contributed by atoms with E-state index < -0.39 is 0 Å². The number of rotatable bonds is 2. The first-order valence-corrected chi connectivity index (χ1v) is 7.99. The van der Waals surface area contributed by atoms with Crippen LogP contribution >= 0.6 is 0 Å². The van der Waals surface area contributed by atoms with E-state index in [0.717, 1.165) is 32.2 Å². The second-order valence-corrected chi connectivity index (χ2v) is 6.11. The van der Waals surface area contributed by atoms with Gasteiger partial charge in [-0.2, -0.15) is 0 Å². The quantitative estimate of drug-likeness (QED) is 0.841. The zero-order chi connectivity index (χ0) is 15.5. The van der Waals surface area contributed by atoms with Gasteiger partial charge in [0.15, 0.2) is 0 Å². The van der Waals surface area contributed by atoms with Gasteiger partial charge in [0.1, 0.15) is 5.82 Å². The molecule has 1 aromatic carbocycles. The topological polar surface area (TPSA) is 40.6 Å². The Morgan fingerprint density at radius 1 is 0.909 bits per heavy atom. The van der Waals surface area contributed by atoms with Crippen LogP contribution < -0.4 is 0 Å². The highest BCUT2D eigenvalue weighted by molar-refractivity contribution is 5.94. The molecule has 0 radical (unpaired) electrons. The van der Waals surface area contributed by atoms with Crippen molar-refractivity contribution in [2.75, 3.05) is 26.2 Å². The monoisotopic (exact) mass is 304 g/mol. The molecule has 0 spiro atoms. The second kappa shape index (κ2) is 6.46. The van der Waals surface area contributed by atoms with Crippen LogP contribution in [0.4, 0.5) is 4.39 Å². The Labute approximate surface area is 129 Å². The van der Waals surface area contributed by atoms with Gasteiger partial charge in [0, 0.05) is 37.7 Å². The molecule has 3 rings (SSSR count). The maximum Gasteiger partial charge on any atom is 0.253 e. The third-order valence-electron chi connectivity index (χ3n) is 4.64. The molecule has 1 aromatic rings. The summed E-state index contributed by atoms with van der Waals surface area (Å²) in [7, 11) is 0. The summed E-state index contributed by atoms with van der Waals surface area (Å²) in [5.41, 5.74) is 0.500. The molecule has 1 saturated carbocycles. The van der Waals surface area contributed by atoms with Gasteiger partial charge in [0.05, 0.1) is 0 Å². The zero-order valence-corrected chi connectivity index (χ0v) is 12.6. The van der Waals surface area contributed by atoms with E-state index in [1.54, 1.807) is 4.90 Å². The van der Waals surface area contributed by atoms with E-state index in [4.69, 9.17) is 0 Å². The van der Waals surface area contributed by atoms with Gasteiger partial charge < -0.3 is 9.80 Å². The number of nitrogens with zero attached hydrogens (tertiary/aromatic N) is 2. The van der Waals surface area contributed by atoms with Gasteiger partial charge in [-0.05, 0) is 43.5 Å². The van der Waals surface area contributed by atoms with Gasteiger partial charge in [-0.25, -0.2) is 4.39 Å². The van der Waals surface area contributed by atoms with Crippen LogP contribution in [0.15, 0.2) is 24.3 Å². The molecular weight excluding hydrogens is 283 g/mol. The molecule has 1 aliphatic carbocycles. The second-order valence-electron chi connectivity index (χ2n) is 6.11. The van der Waals surface area contributed by atoms with Crippen molar-refractivity contribution in [1.82, 2.24) is 9.80 Å². The fourth-order valence-electron chi connectivity index (χ4n) is 3.03. The molecule has 0 N–H and O–H groups in total. The fourth-order valence-corrected chi connectivity index (χ4v) is 3.03. The summed E-state index contributed by atoms with van der Waals surface area (Å²) in [6.45, 7) is 2.52. The van der Waals surface area contributed by atoms with Crippen molar-refractivity contribution in [1.29, 1.82) is 0 Å². The van der Waals surface area contributed by atoms with Crippen LogP contribution in [0.1, 0.15) is 36.0 Å². The molecular formula is C17H21FN2O2. The van der Waals surface area contributed by atoms with Gasteiger partial charge in [-0.15, -0.1) is 0 Å².